The molecular formula is C14H14BrF2N3O. The lowest BCUT2D eigenvalue weighted by atomic mass is 10.2. The zero-order valence-electron chi connectivity index (χ0n) is 11.5. The van der Waals surface area contributed by atoms with Crippen molar-refractivity contribution in [3.05, 3.63) is 56.4 Å². The SMILES string of the molecule is CC(C)n1ncc(NCc2ccc(F)c(F)c2)c(Br)c1=O. The number of aromatic nitrogens is 2. The summed E-state index contributed by atoms with van der Waals surface area (Å²) in [5.74, 6) is -1.79. The predicted molar refractivity (Wildman–Crippen MR) is 80.3 cm³/mol. The van der Waals surface area contributed by atoms with Crippen molar-refractivity contribution >= 4 is 21.6 Å². The summed E-state index contributed by atoms with van der Waals surface area (Å²) in [5.41, 5.74) is 0.816. The topological polar surface area (TPSA) is 46.9 Å². The Hall–Kier alpha value is -1.76. The summed E-state index contributed by atoms with van der Waals surface area (Å²) in [6, 6.07) is 3.60. The molecule has 0 aliphatic heterocycles. The molecule has 0 bridgehead atoms. The van der Waals surface area contributed by atoms with E-state index in [2.05, 4.69) is 26.3 Å². The maximum Gasteiger partial charge on any atom is 0.283 e. The van der Waals surface area contributed by atoms with E-state index in [4.69, 9.17) is 0 Å². The van der Waals surface area contributed by atoms with Gasteiger partial charge in [-0.25, -0.2) is 13.5 Å². The summed E-state index contributed by atoms with van der Waals surface area (Å²) < 4.78 is 27.7. The fraction of sp³-hybridized carbons (Fsp3) is 0.286. The van der Waals surface area contributed by atoms with Crippen LogP contribution in [0.15, 0.2) is 33.7 Å². The van der Waals surface area contributed by atoms with E-state index in [-0.39, 0.29) is 18.1 Å². The smallest absolute Gasteiger partial charge is 0.283 e. The Labute approximate surface area is 128 Å². The van der Waals surface area contributed by atoms with E-state index in [1.807, 2.05) is 13.8 Å². The van der Waals surface area contributed by atoms with Crippen LogP contribution >= 0.6 is 15.9 Å². The van der Waals surface area contributed by atoms with E-state index in [0.717, 1.165) is 12.1 Å². The summed E-state index contributed by atoms with van der Waals surface area (Å²) in [5, 5.41) is 7.03. The van der Waals surface area contributed by atoms with Crippen LogP contribution in [0.25, 0.3) is 0 Å². The molecule has 7 heteroatoms. The molecule has 2 aromatic rings. The van der Waals surface area contributed by atoms with Gasteiger partial charge in [0, 0.05) is 6.54 Å². The van der Waals surface area contributed by atoms with Crippen LogP contribution in [-0.2, 0) is 6.54 Å². The van der Waals surface area contributed by atoms with Crippen LogP contribution in [-0.4, -0.2) is 9.78 Å². The molecule has 0 spiro atoms. The second-order valence-corrected chi connectivity index (χ2v) is 5.61. The lowest BCUT2D eigenvalue weighted by Crippen LogP contribution is -2.26. The molecule has 0 atom stereocenters. The Bertz CT molecular complexity index is 716. The maximum absolute atomic E-state index is 13.1. The van der Waals surface area contributed by atoms with Gasteiger partial charge in [-0.05, 0) is 47.5 Å². The highest BCUT2D eigenvalue weighted by Crippen LogP contribution is 2.18. The van der Waals surface area contributed by atoms with Gasteiger partial charge >= 0.3 is 0 Å². The van der Waals surface area contributed by atoms with Crippen molar-refractivity contribution < 1.29 is 8.78 Å². The normalized spacial score (nSPS) is 11.0. The van der Waals surface area contributed by atoms with E-state index in [0.29, 0.717) is 15.7 Å². The molecular weight excluding hydrogens is 344 g/mol. The number of anilines is 1. The average Bonchev–Trinajstić information content (AvgIpc) is 2.43. The second-order valence-electron chi connectivity index (χ2n) is 4.82. The molecule has 0 unspecified atom stereocenters. The van der Waals surface area contributed by atoms with Crippen LogP contribution in [0.1, 0.15) is 25.5 Å². The highest BCUT2D eigenvalue weighted by atomic mass is 79.9. The third-order valence-corrected chi connectivity index (χ3v) is 3.67. The molecule has 0 saturated heterocycles. The lowest BCUT2D eigenvalue weighted by molar-refractivity contribution is 0.501. The van der Waals surface area contributed by atoms with E-state index in [1.165, 1.54) is 16.9 Å². The van der Waals surface area contributed by atoms with Crippen molar-refractivity contribution in [2.24, 2.45) is 0 Å². The van der Waals surface area contributed by atoms with Gasteiger partial charge in [-0.3, -0.25) is 4.79 Å². The maximum atomic E-state index is 13.1. The largest absolute Gasteiger partial charge is 0.379 e. The molecule has 1 heterocycles. The number of rotatable bonds is 4. The third-order valence-electron chi connectivity index (χ3n) is 2.90. The number of hydrogen-bond donors (Lipinski definition) is 1. The quantitative estimate of drug-likeness (QED) is 0.911. The number of hydrogen-bond acceptors (Lipinski definition) is 3. The molecule has 1 aromatic heterocycles. The Morgan fingerprint density at radius 1 is 1.33 bits per heavy atom. The first kappa shape index (κ1) is 15.6. The lowest BCUT2D eigenvalue weighted by Gasteiger charge is -2.12. The van der Waals surface area contributed by atoms with Gasteiger partial charge in [-0.15, -0.1) is 0 Å². The summed E-state index contributed by atoms with van der Waals surface area (Å²) >= 11 is 3.23. The molecule has 0 amide bonds. The summed E-state index contributed by atoms with van der Waals surface area (Å²) in [4.78, 5) is 12.0. The van der Waals surface area contributed by atoms with Gasteiger partial charge < -0.3 is 5.32 Å². The Morgan fingerprint density at radius 2 is 2.05 bits per heavy atom. The first-order valence-electron chi connectivity index (χ1n) is 6.35. The van der Waals surface area contributed by atoms with Gasteiger partial charge in [0.2, 0.25) is 0 Å². The highest BCUT2D eigenvalue weighted by molar-refractivity contribution is 9.10. The molecule has 0 fully saturated rings. The first-order chi connectivity index (χ1) is 9.90. The van der Waals surface area contributed by atoms with Gasteiger partial charge in [0.05, 0.1) is 17.9 Å². The molecule has 112 valence electrons. The van der Waals surface area contributed by atoms with Crippen molar-refractivity contribution in [1.29, 1.82) is 0 Å². The number of halogens is 3. The predicted octanol–water partition coefficient (Wildman–Crippen LogP) is 3.48. The zero-order chi connectivity index (χ0) is 15.6. The Kier molecular flexibility index (Phi) is 4.72. The molecule has 21 heavy (non-hydrogen) atoms. The fourth-order valence-electron chi connectivity index (χ4n) is 1.78. The zero-order valence-corrected chi connectivity index (χ0v) is 13.1. The van der Waals surface area contributed by atoms with Crippen LogP contribution in [0.3, 0.4) is 0 Å². The van der Waals surface area contributed by atoms with Crippen LogP contribution < -0.4 is 10.9 Å². The van der Waals surface area contributed by atoms with Crippen LogP contribution in [0.2, 0.25) is 0 Å². The van der Waals surface area contributed by atoms with E-state index in [9.17, 15) is 13.6 Å². The van der Waals surface area contributed by atoms with Crippen LogP contribution in [0.4, 0.5) is 14.5 Å². The van der Waals surface area contributed by atoms with Crippen molar-refractivity contribution in [2.75, 3.05) is 5.32 Å². The van der Waals surface area contributed by atoms with E-state index < -0.39 is 11.6 Å². The van der Waals surface area contributed by atoms with Crippen molar-refractivity contribution in [1.82, 2.24) is 9.78 Å². The Balaban J connectivity index is 2.19. The number of nitrogens with zero attached hydrogens (tertiary/aromatic N) is 2. The molecule has 1 N–H and O–H groups in total. The molecule has 1 aromatic carbocycles. The minimum Gasteiger partial charge on any atom is -0.379 e. The van der Waals surface area contributed by atoms with Crippen LogP contribution in [0, 0.1) is 11.6 Å². The second kappa shape index (κ2) is 6.34. The Morgan fingerprint density at radius 3 is 2.67 bits per heavy atom. The van der Waals surface area contributed by atoms with Crippen molar-refractivity contribution in [3.8, 4) is 0 Å². The molecule has 0 radical (unpaired) electrons. The summed E-state index contributed by atoms with van der Waals surface area (Å²) in [6.07, 6.45) is 1.52. The van der Waals surface area contributed by atoms with E-state index >= 15 is 0 Å². The molecule has 4 nitrogen and oxygen atoms in total. The molecule has 0 saturated carbocycles. The molecule has 0 aliphatic carbocycles. The monoisotopic (exact) mass is 357 g/mol. The summed E-state index contributed by atoms with van der Waals surface area (Å²) in [7, 11) is 0. The van der Waals surface area contributed by atoms with E-state index in [1.54, 1.807) is 0 Å². The minimum atomic E-state index is -0.901. The average molecular weight is 358 g/mol. The van der Waals surface area contributed by atoms with Crippen molar-refractivity contribution in [3.63, 3.8) is 0 Å². The number of nitrogens with one attached hydrogen (secondary N) is 1. The first-order valence-corrected chi connectivity index (χ1v) is 7.14. The number of benzene rings is 1. The van der Waals surface area contributed by atoms with Gasteiger partial charge in [0.1, 0.15) is 4.47 Å². The molecule has 2 rings (SSSR count). The van der Waals surface area contributed by atoms with Gasteiger partial charge in [0.25, 0.3) is 5.56 Å². The minimum absolute atomic E-state index is 0.0472. The molecule has 0 aliphatic rings. The summed E-state index contributed by atoms with van der Waals surface area (Å²) in [6.45, 7) is 3.97. The standard InChI is InChI=1S/C14H14BrF2N3O/c1-8(2)20-14(21)13(15)12(7-19-20)18-6-9-3-4-10(16)11(17)5-9/h3-5,7-8,18H,6H2,1-2H3. The third kappa shape index (κ3) is 3.47. The fourth-order valence-corrected chi connectivity index (χ4v) is 2.21. The van der Waals surface area contributed by atoms with Crippen LogP contribution in [0.5, 0.6) is 0 Å². The van der Waals surface area contributed by atoms with Crippen molar-refractivity contribution in [2.45, 2.75) is 26.4 Å². The van der Waals surface area contributed by atoms with Gasteiger partial charge in [0.15, 0.2) is 11.6 Å². The van der Waals surface area contributed by atoms with Gasteiger partial charge in [-0.1, -0.05) is 6.07 Å². The van der Waals surface area contributed by atoms with Gasteiger partial charge in [-0.2, -0.15) is 5.10 Å². The highest BCUT2D eigenvalue weighted by Gasteiger charge is 2.11.